The minimum Gasteiger partial charge on any atom is -0.106 e. The van der Waals surface area contributed by atoms with E-state index in [1.54, 1.807) is 0 Å². The molecule has 0 fully saturated rings. The van der Waals surface area contributed by atoms with Crippen LogP contribution in [0.2, 0.25) is 0 Å². The van der Waals surface area contributed by atoms with E-state index in [1.807, 2.05) is 27.7 Å². The summed E-state index contributed by atoms with van der Waals surface area (Å²) in [5.74, 6) is 0. The van der Waals surface area contributed by atoms with Gasteiger partial charge in [0.05, 0.1) is 0 Å². The zero-order valence-corrected chi connectivity index (χ0v) is 12.7. The Hall–Kier alpha value is -0.520. The molecule has 0 aromatic heterocycles. The second-order valence-corrected chi connectivity index (χ2v) is 2.06. The largest absolute Gasteiger partial charge is 0.106 e. The normalized spacial score (nSPS) is 6.40. The second-order valence-electron chi connectivity index (χ2n) is 2.06. The summed E-state index contributed by atoms with van der Waals surface area (Å²) < 4.78 is 0. The first-order valence-corrected chi connectivity index (χ1v) is 6.44. The maximum atomic E-state index is 3.00. The quantitative estimate of drug-likeness (QED) is 0.454. The van der Waals surface area contributed by atoms with Crippen LogP contribution in [0.25, 0.3) is 0 Å². The molecule has 0 saturated heterocycles. The van der Waals surface area contributed by atoms with E-state index in [0.717, 1.165) is 0 Å². The molecule has 0 aromatic rings. The van der Waals surface area contributed by atoms with Crippen LogP contribution in [0.5, 0.6) is 0 Å². The molecule has 0 N–H and O–H groups in total. The van der Waals surface area contributed by atoms with Gasteiger partial charge in [0.25, 0.3) is 0 Å². The molecule has 0 heteroatoms. The highest BCUT2D eigenvalue weighted by atomic mass is 13.7. The van der Waals surface area contributed by atoms with Crippen molar-refractivity contribution in [3.63, 3.8) is 0 Å². The summed E-state index contributed by atoms with van der Waals surface area (Å²) in [5, 5.41) is 0. The average Bonchev–Trinajstić information content (AvgIpc) is 2.35. The lowest BCUT2D eigenvalue weighted by Crippen LogP contribution is -1.55. The third-order valence-corrected chi connectivity index (χ3v) is 0.691. The number of unbranched alkanes of at least 4 members (excludes halogenated alkanes) is 1. The van der Waals surface area contributed by atoms with E-state index in [4.69, 9.17) is 0 Å². The number of hydrogen-bond donors (Lipinski definition) is 0. The summed E-state index contributed by atoms with van der Waals surface area (Å²) in [6.45, 7) is 22.5. The Morgan fingerprint density at radius 1 is 0.867 bits per heavy atom. The number of hydrogen-bond acceptors (Lipinski definition) is 0. The summed E-state index contributed by atoms with van der Waals surface area (Å²) in [6, 6.07) is 0. The Kier molecular flexibility index (Phi) is 204. The molecule has 0 amide bonds. The van der Waals surface area contributed by atoms with E-state index in [0.29, 0.717) is 0 Å². The third kappa shape index (κ3) is 289. The molecule has 0 aliphatic carbocycles. The van der Waals surface area contributed by atoms with Gasteiger partial charge < -0.3 is 0 Å². The van der Waals surface area contributed by atoms with Crippen molar-refractivity contribution in [3.8, 4) is 0 Å². The molecule has 0 spiro atoms. The van der Waals surface area contributed by atoms with Crippen molar-refractivity contribution < 1.29 is 0 Å². The summed E-state index contributed by atoms with van der Waals surface area (Å²) in [6.07, 6.45) is 8.02. The van der Waals surface area contributed by atoms with Crippen molar-refractivity contribution in [2.45, 2.75) is 74.7 Å². The van der Waals surface area contributed by atoms with Crippen molar-refractivity contribution in [2.24, 2.45) is 0 Å². The fraction of sp³-hybridized carbons (Fsp3) is 0.733. The predicted octanol–water partition coefficient (Wildman–Crippen LogP) is 6.63. The van der Waals surface area contributed by atoms with Gasteiger partial charge in [0, 0.05) is 0 Å². The van der Waals surface area contributed by atoms with Gasteiger partial charge in [0.1, 0.15) is 0 Å². The fourth-order valence-electron chi connectivity index (χ4n) is 0.333. The van der Waals surface area contributed by atoms with Crippen LogP contribution in [0.4, 0.5) is 0 Å². The van der Waals surface area contributed by atoms with Gasteiger partial charge in [-0.05, 0) is 13.3 Å². The first kappa shape index (κ1) is 29.3. The Labute approximate surface area is 100 Å². The van der Waals surface area contributed by atoms with Crippen LogP contribution in [-0.2, 0) is 0 Å². The summed E-state index contributed by atoms with van der Waals surface area (Å²) in [5.41, 5.74) is 0. The molecule has 0 unspecified atom stereocenters. The monoisotopic (exact) mass is 216 g/mol. The van der Waals surface area contributed by atoms with Crippen LogP contribution in [0, 0.1) is 0 Å². The highest BCUT2D eigenvalue weighted by Gasteiger charge is 1.64. The van der Waals surface area contributed by atoms with Crippen molar-refractivity contribution in [2.75, 3.05) is 0 Å². The lowest BCUT2D eigenvalue weighted by Gasteiger charge is -1.76. The maximum absolute atomic E-state index is 3.00. The molecule has 0 aliphatic rings. The minimum atomic E-state index is 1.23. The van der Waals surface area contributed by atoms with Crippen LogP contribution < -0.4 is 0 Å². The Bertz CT molecular complexity index is 53.1. The first-order chi connectivity index (χ1) is 7.33. The average molecular weight is 216 g/mol. The Balaban J connectivity index is -0.0000000318. The van der Waals surface area contributed by atoms with Crippen molar-refractivity contribution in [1.82, 2.24) is 0 Å². The molecule has 0 rings (SSSR count). The third-order valence-electron chi connectivity index (χ3n) is 0.691. The summed E-state index contributed by atoms with van der Waals surface area (Å²) >= 11 is 0. The number of allylic oxidation sites excluding steroid dienone is 2. The second kappa shape index (κ2) is 105. The van der Waals surface area contributed by atoms with Gasteiger partial charge in [-0.2, -0.15) is 0 Å². The molecular weight excluding hydrogens is 180 g/mol. The summed E-state index contributed by atoms with van der Waals surface area (Å²) in [7, 11) is 0. The molecule has 0 aromatic carbocycles. The maximum Gasteiger partial charge on any atom is -0.0353 e. The summed E-state index contributed by atoms with van der Waals surface area (Å²) in [4.78, 5) is 0. The molecular formula is C15H36. The van der Waals surface area contributed by atoms with Gasteiger partial charge in [-0.25, -0.2) is 0 Å². The van der Waals surface area contributed by atoms with Crippen LogP contribution in [0.3, 0.4) is 0 Å². The van der Waals surface area contributed by atoms with E-state index in [1.165, 1.54) is 19.3 Å². The van der Waals surface area contributed by atoms with Crippen molar-refractivity contribution >= 4 is 0 Å². The zero-order valence-electron chi connectivity index (χ0n) is 12.7. The Morgan fingerprint density at radius 2 is 1.13 bits per heavy atom. The van der Waals surface area contributed by atoms with E-state index >= 15 is 0 Å². The molecule has 0 aliphatic heterocycles. The van der Waals surface area contributed by atoms with Crippen LogP contribution in [0.15, 0.2) is 25.3 Å². The van der Waals surface area contributed by atoms with Crippen molar-refractivity contribution in [1.29, 1.82) is 0 Å². The fourth-order valence-corrected chi connectivity index (χ4v) is 0.333. The SMILES string of the molecule is C/C=C\CCC.C=C.CC.CC.CCC. The highest BCUT2D eigenvalue weighted by Crippen LogP contribution is 1.85. The smallest absolute Gasteiger partial charge is 0.0353 e. The van der Waals surface area contributed by atoms with Gasteiger partial charge in [0.2, 0.25) is 0 Å². The lowest BCUT2D eigenvalue weighted by atomic mass is 10.3. The zero-order chi connectivity index (χ0) is 13.5. The van der Waals surface area contributed by atoms with Crippen LogP contribution >= 0.6 is 0 Å². The Morgan fingerprint density at radius 3 is 1.20 bits per heavy atom. The predicted molar refractivity (Wildman–Crippen MR) is 79.6 cm³/mol. The highest BCUT2D eigenvalue weighted by molar-refractivity contribution is 4.75. The molecule has 0 radical (unpaired) electrons. The van der Waals surface area contributed by atoms with E-state index in [2.05, 4.69) is 53.0 Å². The van der Waals surface area contributed by atoms with Gasteiger partial charge in [-0.1, -0.05) is 73.5 Å². The van der Waals surface area contributed by atoms with E-state index in [9.17, 15) is 0 Å². The van der Waals surface area contributed by atoms with Gasteiger partial charge in [-0.3, -0.25) is 0 Å². The topological polar surface area (TPSA) is 0 Å². The number of rotatable bonds is 2. The lowest BCUT2D eigenvalue weighted by molar-refractivity contribution is 0.957. The van der Waals surface area contributed by atoms with Gasteiger partial charge in [-0.15, -0.1) is 13.2 Å². The van der Waals surface area contributed by atoms with Crippen LogP contribution in [-0.4, -0.2) is 0 Å². The van der Waals surface area contributed by atoms with E-state index in [-0.39, 0.29) is 0 Å². The minimum absolute atomic E-state index is 1.23. The molecule has 0 heterocycles. The molecule has 0 saturated carbocycles. The molecule has 0 bridgehead atoms. The molecule has 0 atom stereocenters. The van der Waals surface area contributed by atoms with Crippen LogP contribution in [0.1, 0.15) is 74.7 Å². The van der Waals surface area contributed by atoms with Gasteiger partial charge >= 0.3 is 0 Å². The molecule has 0 nitrogen and oxygen atoms in total. The van der Waals surface area contributed by atoms with E-state index < -0.39 is 0 Å². The standard InChI is InChI=1S/C6H12.C3H8.2C2H6.C2H4/c1-3-5-6-4-2;1-3-2;3*1-2/h3,5H,4,6H2,1-2H3;3H2,1-2H3;2*1-2H3;1-2H2/b5-3-;;;;. The van der Waals surface area contributed by atoms with Gasteiger partial charge in [0.15, 0.2) is 0 Å². The molecule has 96 valence electrons. The van der Waals surface area contributed by atoms with Crippen molar-refractivity contribution in [3.05, 3.63) is 25.3 Å². The first-order valence-electron chi connectivity index (χ1n) is 6.44. The molecule has 15 heavy (non-hydrogen) atoms.